The van der Waals surface area contributed by atoms with Crippen molar-refractivity contribution < 1.29 is 38.0 Å². The molecule has 2 aromatic rings. The van der Waals surface area contributed by atoms with E-state index in [1.54, 1.807) is 28.4 Å². The van der Waals surface area contributed by atoms with Crippen molar-refractivity contribution in [1.29, 1.82) is 0 Å². The minimum absolute atomic E-state index is 0.202. The number of carbonyl (C=O) groups excluding carboxylic acids is 2. The minimum Gasteiger partial charge on any atom is -0.493 e. The van der Waals surface area contributed by atoms with Gasteiger partial charge in [-0.05, 0) is 48.2 Å². The molecule has 1 saturated heterocycles. The van der Waals surface area contributed by atoms with Gasteiger partial charge in [0, 0.05) is 39.3 Å². The Kier molecular flexibility index (Phi) is 16.0. The predicted octanol–water partition coefficient (Wildman–Crippen LogP) is 5.67. The van der Waals surface area contributed by atoms with Crippen molar-refractivity contribution in [2.75, 3.05) is 80.9 Å². The Morgan fingerprint density at radius 1 is 0.609 bits per heavy atom. The Bertz CT molecular complexity index is 1120. The molecule has 0 N–H and O–H groups in total. The molecule has 256 valence electrons. The lowest BCUT2D eigenvalue weighted by atomic mass is 9.93. The molecule has 10 heteroatoms. The SMILES string of the molecule is CCCCC(C(=O)OCCN1CCN(CCOC(=O)C(CCCC)c2ccc(OC)c(OC)c2)CC1)c1ccc(OC)c(OC)c1. The standard InChI is InChI=1S/C36H54N2O8/c1-7-9-11-29(27-13-15-31(41-3)33(25-27)43-5)35(39)45-23-21-37-17-19-38(20-18-37)22-24-46-36(40)30(12-10-8-2)28-14-16-32(42-4)34(26-28)44-6/h13-16,25-26,29-30H,7-12,17-24H2,1-6H3. The van der Waals surface area contributed by atoms with Crippen LogP contribution < -0.4 is 18.9 Å². The number of ether oxygens (including phenoxy) is 6. The molecule has 0 spiro atoms. The maximum absolute atomic E-state index is 13.2. The number of unbranched alkanes of at least 4 members (excludes halogenated alkanes) is 2. The first-order valence-electron chi connectivity index (χ1n) is 16.6. The zero-order valence-corrected chi connectivity index (χ0v) is 28.7. The number of carbonyl (C=O) groups is 2. The number of hydrogen-bond donors (Lipinski definition) is 0. The minimum atomic E-state index is -0.340. The zero-order valence-electron chi connectivity index (χ0n) is 28.7. The summed E-state index contributed by atoms with van der Waals surface area (Å²) in [5.74, 6) is 1.40. The van der Waals surface area contributed by atoms with Crippen LogP contribution in [0.3, 0.4) is 0 Å². The maximum atomic E-state index is 13.2. The molecule has 2 aromatic carbocycles. The average molecular weight is 643 g/mol. The molecule has 10 nitrogen and oxygen atoms in total. The molecule has 0 amide bonds. The zero-order chi connectivity index (χ0) is 33.3. The van der Waals surface area contributed by atoms with Crippen LogP contribution in [0.4, 0.5) is 0 Å². The molecule has 2 unspecified atom stereocenters. The van der Waals surface area contributed by atoms with E-state index < -0.39 is 0 Å². The van der Waals surface area contributed by atoms with Gasteiger partial charge in [-0.25, -0.2) is 0 Å². The second kappa shape index (κ2) is 19.9. The highest BCUT2D eigenvalue weighted by molar-refractivity contribution is 5.79. The lowest BCUT2D eigenvalue weighted by Gasteiger charge is -2.34. The van der Waals surface area contributed by atoms with Crippen molar-refractivity contribution in [3.05, 3.63) is 47.5 Å². The quantitative estimate of drug-likeness (QED) is 0.168. The summed E-state index contributed by atoms with van der Waals surface area (Å²) in [6.07, 6.45) is 5.31. The summed E-state index contributed by atoms with van der Waals surface area (Å²) < 4.78 is 33.2. The van der Waals surface area contributed by atoms with E-state index in [1.807, 2.05) is 36.4 Å². The van der Waals surface area contributed by atoms with Gasteiger partial charge in [-0.3, -0.25) is 19.4 Å². The number of esters is 2. The fourth-order valence-electron chi connectivity index (χ4n) is 5.79. The summed E-state index contributed by atoms with van der Waals surface area (Å²) in [6.45, 7) is 9.77. The smallest absolute Gasteiger partial charge is 0.313 e. The topological polar surface area (TPSA) is 96.0 Å². The van der Waals surface area contributed by atoms with Gasteiger partial charge >= 0.3 is 11.9 Å². The van der Waals surface area contributed by atoms with E-state index in [1.165, 1.54) is 0 Å². The second-order valence-corrected chi connectivity index (χ2v) is 11.6. The van der Waals surface area contributed by atoms with Gasteiger partial charge in [0.05, 0.1) is 40.3 Å². The van der Waals surface area contributed by atoms with Gasteiger partial charge in [0.1, 0.15) is 13.2 Å². The first-order valence-corrected chi connectivity index (χ1v) is 16.6. The highest BCUT2D eigenvalue weighted by atomic mass is 16.5. The third kappa shape index (κ3) is 10.8. The molecule has 0 bridgehead atoms. The summed E-state index contributed by atoms with van der Waals surface area (Å²) in [5.41, 5.74) is 1.76. The summed E-state index contributed by atoms with van der Waals surface area (Å²) in [7, 11) is 6.39. The van der Waals surface area contributed by atoms with E-state index in [9.17, 15) is 9.59 Å². The third-order valence-electron chi connectivity index (χ3n) is 8.65. The Labute approximate surface area is 275 Å². The number of rotatable bonds is 20. The maximum Gasteiger partial charge on any atom is 0.313 e. The molecule has 3 rings (SSSR count). The summed E-state index contributed by atoms with van der Waals surface area (Å²) in [6, 6.07) is 11.3. The molecular weight excluding hydrogens is 588 g/mol. The lowest BCUT2D eigenvalue weighted by molar-refractivity contribution is -0.147. The lowest BCUT2D eigenvalue weighted by Crippen LogP contribution is -2.48. The average Bonchev–Trinajstić information content (AvgIpc) is 3.09. The molecular formula is C36H54N2O8. The number of nitrogens with zero attached hydrogens (tertiary/aromatic N) is 2. The second-order valence-electron chi connectivity index (χ2n) is 11.6. The van der Waals surface area contributed by atoms with E-state index in [0.717, 1.165) is 75.8 Å². The molecule has 2 atom stereocenters. The van der Waals surface area contributed by atoms with Crippen LogP contribution in [-0.4, -0.2) is 103 Å². The number of benzene rings is 2. The van der Waals surface area contributed by atoms with Gasteiger partial charge in [0.15, 0.2) is 23.0 Å². The highest BCUT2D eigenvalue weighted by Crippen LogP contribution is 2.34. The van der Waals surface area contributed by atoms with Crippen LogP contribution in [0.25, 0.3) is 0 Å². The fraction of sp³-hybridized carbons (Fsp3) is 0.611. The summed E-state index contributed by atoms with van der Waals surface area (Å²) >= 11 is 0. The van der Waals surface area contributed by atoms with Crippen molar-refractivity contribution in [1.82, 2.24) is 9.80 Å². The van der Waals surface area contributed by atoms with Gasteiger partial charge in [0.2, 0.25) is 0 Å². The van der Waals surface area contributed by atoms with Gasteiger partial charge in [-0.1, -0.05) is 51.7 Å². The van der Waals surface area contributed by atoms with Gasteiger partial charge in [-0.2, -0.15) is 0 Å². The molecule has 0 aliphatic carbocycles. The Balaban J connectivity index is 1.43. The van der Waals surface area contributed by atoms with Crippen LogP contribution in [0.2, 0.25) is 0 Å². The summed E-state index contributed by atoms with van der Waals surface area (Å²) in [5, 5.41) is 0. The van der Waals surface area contributed by atoms with Crippen molar-refractivity contribution in [2.24, 2.45) is 0 Å². The van der Waals surface area contributed by atoms with Crippen molar-refractivity contribution in [3.8, 4) is 23.0 Å². The van der Waals surface area contributed by atoms with Gasteiger partial charge < -0.3 is 28.4 Å². The normalized spacial score (nSPS) is 15.1. The molecule has 1 aliphatic heterocycles. The number of piperazine rings is 1. The van der Waals surface area contributed by atoms with Crippen LogP contribution in [-0.2, 0) is 19.1 Å². The first kappa shape index (κ1) is 37.0. The molecule has 1 aliphatic rings. The van der Waals surface area contributed by atoms with Crippen LogP contribution in [0.15, 0.2) is 36.4 Å². The van der Waals surface area contributed by atoms with E-state index in [4.69, 9.17) is 28.4 Å². The molecule has 0 aromatic heterocycles. The van der Waals surface area contributed by atoms with Crippen LogP contribution >= 0.6 is 0 Å². The van der Waals surface area contributed by atoms with Gasteiger partial charge in [0.25, 0.3) is 0 Å². The Morgan fingerprint density at radius 3 is 1.30 bits per heavy atom. The molecule has 0 saturated carbocycles. The van der Waals surface area contributed by atoms with Crippen LogP contribution in [0.5, 0.6) is 23.0 Å². The predicted molar refractivity (Wildman–Crippen MR) is 178 cm³/mol. The van der Waals surface area contributed by atoms with E-state index >= 15 is 0 Å². The number of methoxy groups -OCH3 is 4. The molecule has 46 heavy (non-hydrogen) atoms. The van der Waals surface area contributed by atoms with E-state index in [-0.39, 0.29) is 23.8 Å². The molecule has 1 heterocycles. The largest absolute Gasteiger partial charge is 0.493 e. The van der Waals surface area contributed by atoms with Crippen LogP contribution in [0.1, 0.15) is 75.3 Å². The van der Waals surface area contributed by atoms with E-state index in [0.29, 0.717) is 49.3 Å². The molecule has 1 fully saturated rings. The monoisotopic (exact) mass is 642 g/mol. The third-order valence-corrected chi connectivity index (χ3v) is 8.65. The van der Waals surface area contributed by atoms with E-state index in [2.05, 4.69) is 23.6 Å². The van der Waals surface area contributed by atoms with Gasteiger partial charge in [-0.15, -0.1) is 0 Å². The van der Waals surface area contributed by atoms with Crippen molar-refractivity contribution >= 4 is 11.9 Å². The number of hydrogen-bond acceptors (Lipinski definition) is 10. The highest BCUT2D eigenvalue weighted by Gasteiger charge is 2.26. The first-order chi connectivity index (χ1) is 22.4. The fourth-order valence-corrected chi connectivity index (χ4v) is 5.79. The molecule has 0 radical (unpaired) electrons. The van der Waals surface area contributed by atoms with Crippen LogP contribution in [0, 0.1) is 0 Å². The van der Waals surface area contributed by atoms with Crippen molar-refractivity contribution in [3.63, 3.8) is 0 Å². The Morgan fingerprint density at radius 2 is 0.978 bits per heavy atom. The Hall–Kier alpha value is -3.50. The van der Waals surface area contributed by atoms with Crippen molar-refractivity contribution in [2.45, 2.75) is 64.2 Å². The summed E-state index contributed by atoms with van der Waals surface area (Å²) in [4.78, 5) is 30.9.